The Bertz CT molecular complexity index is 1930. The van der Waals surface area contributed by atoms with Crippen molar-refractivity contribution in [2.24, 2.45) is 5.92 Å². The van der Waals surface area contributed by atoms with Crippen molar-refractivity contribution < 1.29 is 12.3 Å². The second-order valence-electron chi connectivity index (χ2n) is 10.1. The first-order chi connectivity index (χ1) is 17.5. The third-order valence-electron chi connectivity index (χ3n) is 6.67. The van der Waals surface area contributed by atoms with E-state index in [0.29, 0.717) is 45.0 Å². The third-order valence-corrected chi connectivity index (χ3v) is 7.49. The Labute approximate surface area is 214 Å². The molecule has 1 N–H and O–H groups in total. The molecule has 0 radical (unpaired) electrons. The van der Waals surface area contributed by atoms with Crippen molar-refractivity contribution in [1.82, 2.24) is 9.55 Å². The van der Waals surface area contributed by atoms with E-state index in [1.54, 1.807) is 24.3 Å². The number of fused-ring (bicyclic) bond motifs is 4. The maximum Gasteiger partial charge on any atom is 0.332 e. The molecule has 6 nitrogen and oxygen atoms in total. The van der Waals surface area contributed by atoms with Gasteiger partial charge in [-0.15, -0.1) is 3.89 Å². The first-order valence-electron chi connectivity index (χ1n) is 12.1. The number of nitrogens with zero attached hydrogens (tertiary/aromatic N) is 2. The summed E-state index contributed by atoms with van der Waals surface area (Å²) in [6.07, 6.45) is 0.649. The van der Waals surface area contributed by atoms with Crippen LogP contribution in [0.4, 0.5) is 3.89 Å². The molecule has 2 heterocycles. The van der Waals surface area contributed by atoms with Crippen molar-refractivity contribution >= 4 is 43.1 Å². The highest BCUT2D eigenvalue weighted by Crippen LogP contribution is 2.35. The SMILES string of the molecule is CC(C)Cc1cc2c(=O)c3c4ccc(C#N)cc4[nH]c3n(C(C)C)c2cc1-c1cccc(S(=O)(=O)F)c1. The van der Waals surface area contributed by atoms with Gasteiger partial charge in [-0.05, 0) is 79.3 Å². The number of hydrogen-bond donors (Lipinski definition) is 1. The van der Waals surface area contributed by atoms with Crippen LogP contribution in [0.15, 0.2) is 64.3 Å². The summed E-state index contributed by atoms with van der Waals surface area (Å²) in [4.78, 5) is 16.9. The van der Waals surface area contributed by atoms with Gasteiger partial charge in [-0.25, -0.2) is 0 Å². The Morgan fingerprint density at radius 1 is 1.03 bits per heavy atom. The molecule has 37 heavy (non-hydrogen) atoms. The quantitative estimate of drug-likeness (QED) is 0.266. The van der Waals surface area contributed by atoms with Gasteiger partial charge in [0, 0.05) is 22.3 Å². The van der Waals surface area contributed by atoms with Gasteiger partial charge in [0.15, 0.2) is 5.43 Å². The van der Waals surface area contributed by atoms with E-state index in [1.165, 1.54) is 18.2 Å². The molecule has 5 rings (SSSR count). The van der Waals surface area contributed by atoms with E-state index >= 15 is 0 Å². The van der Waals surface area contributed by atoms with E-state index in [2.05, 4.69) is 29.5 Å². The van der Waals surface area contributed by atoms with Crippen LogP contribution in [-0.2, 0) is 16.6 Å². The Morgan fingerprint density at radius 3 is 2.43 bits per heavy atom. The summed E-state index contributed by atoms with van der Waals surface area (Å²) < 4.78 is 39.1. The standard InChI is InChI=1S/C29H26FN3O3S/c1-16(2)10-20-13-24-26(14-23(20)19-6-5-7-21(12-19)37(30,35)36)33(17(3)4)29-27(28(24)34)22-9-8-18(15-31)11-25(22)32-29/h5-9,11-14,16-17,32H,10H2,1-4H3. The van der Waals surface area contributed by atoms with Gasteiger partial charge in [-0.3, -0.25) is 4.79 Å². The van der Waals surface area contributed by atoms with Crippen LogP contribution in [0.1, 0.15) is 44.9 Å². The lowest BCUT2D eigenvalue weighted by atomic mass is 9.91. The van der Waals surface area contributed by atoms with Gasteiger partial charge >= 0.3 is 10.2 Å². The fourth-order valence-corrected chi connectivity index (χ4v) is 5.67. The lowest BCUT2D eigenvalue weighted by Gasteiger charge is -2.20. The summed E-state index contributed by atoms with van der Waals surface area (Å²) in [5.41, 5.74) is 4.63. The molecule has 0 atom stereocenters. The van der Waals surface area contributed by atoms with Gasteiger partial charge in [0.1, 0.15) is 5.65 Å². The maximum atomic E-state index is 13.9. The molecule has 0 fully saturated rings. The largest absolute Gasteiger partial charge is 0.340 e. The second kappa shape index (κ2) is 8.86. The summed E-state index contributed by atoms with van der Waals surface area (Å²) in [6.45, 7) is 8.18. The lowest BCUT2D eigenvalue weighted by Crippen LogP contribution is -2.14. The van der Waals surface area contributed by atoms with Crippen molar-refractivity contribution in [2.75, 3.05) is 0 Å². The number of hydrogen-bond acceptors (Lipinski definition) is 4. The highest BCUT2D eigenvalue weighted by atomic mass is 32.3. The fourth-order valence-electron chi connectivity index (χ4n) is 5.16. The minimum Gasteiger partial charge on any atom is -0.340 e. The van der Waals surface area contributed by atoms with Crippen LogP contribution in [0.2, 0.25) is 0 Å². The number of aromatic nitrogens is 2. The van der Waals surface area contributed by atoms with Crippen LogP contribution in [0.3, 0.4) is 0 Å². The van der Waals surface area contributed by atoms with Crippen LogP contribution in [0.5, 0.6) is 0 Å². The monoisotopic (exact) mass is 515 g/mol. The predicted molar refractivity (Wildman–Crippen MR) is 145 cm³/mol. The number of nitriles is 1. The van der Waals surface area contributed by atoms with Crippen molar-refractivity contribution in [1.29, 1.82) is 5.26 Å². The van der Waals surface area contributed by atoms with E-state index in [4.69, 9.17) is 0 Å². The lowest BCUT2D eigenvalue weighted by molar-refractivity contribution is 0.552. The first-order valence-corrected chi connectivity index (χ1v) is 13.5. The zero-order valence-electron chi connectivity index (χ0n) is 21.0. The van der Waals surface area contributed by atoms with E-state index in [1.807, 2.05) is 26.0 Å². The summed E-state index contributed by atoms with van der Waals surface area (Å²) in [7, 11) is -4.87. The smallest absolute Gasteiger partial charge is 0.332 e. The number of aromatic amines is 1. The number of rotatable bonds is 5. The Hall–Kier alpha value is -3.96. The molecule has 8 heteroatoms. The molecule has 0 aliphatic rings. The van der Waals surface area contributed by atoms with Crippen molar-refractivity contribution in [2.45, 2.75) is 45.1 Å². The highest BCUT2D eigenvalue weighted by Gasteiger charge is 2.21. The zero-order chi connectivity index (χ0) is 26.6. The number of pyridine rings is 1. The summed E-state index contributed by atoms with van der Waals surface area (Å²) >= 11 is 0. The molecular formula is C29H26FN3O3S. The van der Waals surface area contributed by atoms with Crippen LogP contribution in [-0.4, -0.2) is 18.0 Å². The molecule has 0 aliphatic heterocycles. The molecule has 0 spiro atoms. The molecule has 0 unspecified atom stereocenters. The summed E-state index contributed by atoms with van der Waals surface area (Å²) in [5, 5.41) is 11.2. The predicted octanol–water partition coefficient (Wildman–Crippen LogP) is 6.61. The second-order valence-corrected chi connectivity index (χ2v) is 11.5. The van der Waals surface area contributed by atoms with Crippen molar-refractivity contribution in [3.63, 3.8) is 0 Å². The number of H-pyrrole nitrogens is 1. The molecule has 0 amide bonds. The molecule has 5 aromatic rings. The van der Waals surface area contributed by atoms with Gasteiger partial charge in [0.2, 0.25) is 0 Å². The number of nitrogens with one attached hydrogen (secondary N) is 1. The molecule has 0 saturated heterocycles. The average Bonchev–Trinajstić information content (AvgIpc) is 3.21. The van der Waals surface area contributed by atoms with Crippen molar-refractivity contribution in [3.8, 4) is 17.2 Å². The van der Waals surface area contributed by atoms with Crippen molar-refractivity contribution in [3.05, 3.63) is 75.9 Å². The van der Waals surface area contributed by atoms with Crippen LogP contribution >= 0.6 is 0 Å². The summed E-state index contributed by atoms with van der Waals surface area (Å²) in [5.74, 6) is 0.262. The van der Waals surface area contributed by atoms with E-state index in [-0.39, 0.29) is 17.4 Å². The number of halogens is 1. The van der Waals surface area contributed by atoms with Gasteiger partial charge in [0.05, 0.1) is 27.4 Å². The van der Waals surface area contributed by atoms with Gasteiger partial charge in [-0.1, -0.05) is 32.0 Å². The minimum absolute atomic E-state index is 0.0320. The summed E-state index contributed by atoms with van der Waals surface area (Å²) in [6, 6.07) is 17.0. The molecule has 2 aromatic heterocycles. The molecule has 0 aliphatic carbocycles. The zero-order valence-corrected chi connectivity index (χ0v) is 21.8. The minimum atomic E-state index is -4.87. The Kier molecular flexibility index (Phi) is 5.92. The van der Waals surface area contributed by atoms with Crippen LogP contribution < -0.4 is 5.43 Å². The average molecular weight is 516 g/mol. The third kappa shape index (κ3) is 4.19. The highest BCUT2D eigenvalue weighted by molar-refractivity contribution is 7.86. The van der Waals surface area contributed by atoms with E-state index in [0.717, 1.165) is 16.5 Å². The first kappa shape index (κ1) is 24.7. The molecule has 3 aromatic carbocycles. The van der Waals surface area contributed by atoms with Gasteiger partial charge in [0.25, 0.3) is 0 Å². The molecular weight excluding hydrogens is 489 g/mol. The maximum absolute atomic E-state index is 13.9. The molecule has 0 saturated carbocycles. The number of benzene rings is 3. The topological polar surface area (TPSA) is 95.7 Å². The molecule has 0 bridgehead atoms. The fraction of sp³-hybridized carbons (Fsp3) is 0.241. The molecule has 188 valence electrons. The Morgan fingerprint density at radius 2 is 1.78 bits per heavy atom. The van der Waals surface area contributed by atoms with Gasteiger partial charge in [-0.2, -0.15) is 13.7 Å². The van der Waals surface area contributed by atoms with E-state index in [9.17, 15) is 22.4 Å². The van der Waals surface area contributed by atoms with Crippen LogP contribution in [0.25, 0.3) is 44.0 Å². The Balaban J connectivity index is 1.94. The normalized spacial score (nSPS) is 12.3. The van der Waals surface area contributed by atoms with E-state index < -0.39 is 15.1 Å². The van der Waals surface area contributed by atoms with Crippen LogP contribution in [0, 0.1) is 17.2 Å². The van der Waals surface area contributed by atoms with Gasteiger partial charge < -0.3 is 9.55 Å².